The number of rotatable bonds is 5. The number of nitrogens with zero attached hydrogens (tertiary/aromatic N) is 1. The highest BCUT2D eigenvalue weighted by Crippen LogP contribution is 2.34. The normalized spacial score (nSPS) is 17.8. The summed E-state index contributed by atoms with van der Waals surface area (Å²) in [7, 11) is 0. The molecule has 1 unspecified atom stereocenters. The Morgan fingerprint density at radius 3 is 2.42 bits per heavy atom. The van der Waals surface area contributed by atoms with Gasteiger partial charge in [0.15, 0.2) is 11.5 Å². The second-order valence-corrected chi connectivity index (χ2v) is 9.13. The number of aryl methyl sites for hydroxylation is 1. The highest BCUT2D eigenvalue weighted by Gasteiger charge is 2.29. The van der Waals surface area contributed by atoms with Gasteiger partial charge in [-0.2, -0.15) is 0 Å². The lowest BCUT2D eigenvalue weighted by molar-refractivity contribution is -0.137. The molecule has 1 atom stereocenters. The maximum Gasteiger partial charge on any atom is 0.231 e. The molecule has 1 aliphatic carbocycles. The largest absolute Gasteiger partial charge is 0.493 e. The van der Waals surface area contributed by atoms with E-state index in [-0.39, 0.29) is 18.6 Å². The van der Waals surface area contributed by atoms with Gasteiger partial charge in [0.05, 0.1) is 6.61 Å². The van der Waals surface area contributed by atoms with Crippen molar-refractivity contribution in [2.24, 2.45) is 5.92 Å². The number of carbonyl (C=O) groups excluding carboxylic acids is 1. The second-order valence-electron chi connectivity index (χ2n) is 9.13. The van der Waals surface area contributed by atoms with Crippen LogP contribution in [-0.2, 0) is 37.1 Å². The number of fused-ring (bicyclic) bond motifs is 3. The summed E-state index contributed by atoms with van der Waals surface area (Å²) in [6.07, 6.45) is 3.59. The quantitative estimate of drug-likeness (QED) is 0.577. The van der Waals surface area contributed by atoms with Crippen molar-refractivity contribution in [2.45, 2.75) is 38.8 Å². The number of amides is 1. The Bertz CT molecular complexity index is 1140. The lowest BCUT2D eigenvalue weighted by Gasteiger charge is -2.31. The maximum absolute atomic E-state index is 13.8. The van der Waals surface area contributed by atoms with Gasteiger partial charge in [-0.1, -0.05) is 42.5 Å². The fourth-order valence-corrected chi connectivity index (χ4v) is 5.20. The Hall–Kier alpha value is -3.47. The molecule has 0 bridgehead atoms. The number of hydrogen-bond acceptors (Lipinski definition) is 4. The van der Waals surface area contributed by atoms with Gasteiger partial charge in [0, 0.05) is 25.4 Å². The molecule has 3 aromatic rings. The molecule has 0 aromatic heterocycles. The smallest absolute Gasteiger partial charge is 0.231 e. The molecule has 0 fully saturated rings. The van der Waals surface area contributed by atoms with Crippen molar-refractivity contribution in [3.05, 3.63) is 88.5 Å². The molecule has 6 rings (SSSR count). The fraction of sp³-hybridized carbons (Fsp3) is 0.321. The molecule has 33 heavy (non-hydrogen) atoms. The summed E-state index contributed by atoms with van der Waals surface area (Å²) in [5.74, 6) is 2.71. The zero-order valence-electron chi connectivity index (χ0n) is 18.6. The maximum atomic E-state index is 13.8. The Labute approximate surface area is 193 Å². The van der Waals surface area contributed by atoms with Crippen molar-refractivity contribution >= 4 is 5.91 Å². The molecule has 5 heteroatoms. The van der Waals surface area contributed by atoms with Crippen LogP contribution in [0.1, 0.15) is 34.2 Å². The highest BCUT2D eigenvalue weighted by molar-refractivity contribution is 5.79. The topological polar surface area (TPSA) is 48.0 Å². The van der Waals surface area contributed by atoms with E-state index in [1.807, 2.05) is 29.2 Å². The molecule has 0 radical (unpaired) electrons. The van der Waals surface area contributed by atoms with Crippen LogP contribution in [0.2, 0.25) is 0 Å². The van der Waals surface area contributed by atoms with Crippen LogP contribution in [0, 0.1) is 5.92 Å². The molecular weight excluding hydrogens is 414 g/mol. The summed E-state index contributed by atoms with van der Waals surface area (Å²) in [6.45, 7) is 2.11. The van der Waals surface area contributed by atoms with Crippen LogP contribution in [-0.4, -0.2) is 24.2 Å². The molecule has 0 saturated heterocycles. The fourth-order valence-electron chi connectivity index (χ4n) is 5.20. The summed E-state index contributed by atoms with van der Waals surface area (Å²) in [4.78, 5) is 15.8. The highest BCUT2D eigenvalue weighted by atomic mass is 16.7. The van der Waals surface area contributed by atoms with Crippen LogP contribution in [0.25, 0.3) is 0 Å². The molecule has 3 aliphatic rings. The minimum atomic E-state index is 0.00618. The van der Waals surface area contributed by atoms with E-state index < -0.39 is 0 Å². The van der Waals surface area contributed by atoms with Gasteiger partial charge in [0.1, 0.15) is 5.75 Å². The van der Waals surface area contributed by atoms with Gasteiger partial charge in [0.25, 0.3) is 0 Å². The van der Waals surface area contributed by atoms with Gasteiger partial charge in [-0.3, -0.25) is 4.79 Å². The lowest BCUT2D eigenvalue weighted by Crippen LogP contribution is -2.37. The average molecular weight is 442 g/mol. The Balaban J connectivity index is 1.27. The molecule has 2 heterocycles. The summed E-state index contributed by atoms with van der Waals surface area (Å²) in [5, 5.41) is 0. The van der Waals surface area contributed by atoms with E-state index in [0.29, 0.717) is 13.1 Å². The van der Waals surface area contributed by atoms with Gasteiger partial charge >= 0.3 is 0 Å². The first-order chi connectivity index (χ1) is 16.2. The first kappa shape index (κ1) is 20.2. The van der Waals surface area contributed by atoms with Gasteiger partial charge in [-0.15, -0.1) is 0 Å². The van der Waals surface area contributed by atoms with Crippen LogP contribution in [0.5, 0.6) is 17.2 Å². The number of carbonyl (C=O) groups is 1. The number of benzene rings is 3. The minimum Gasteiger partial charge on any atom is -0.493 e. The van der Waals surface area contributed by atoms with E-state index in [0.717, 1.165) is 60.7 Å². The monoisotopic (exact) mass is 441 g/mol. The van der Waals surface area contributed by atoms with Crippen molar-refractivity contribution in [1.29, 1.82) is 0 Å². The number of ether oxygens (including phenoxy) is 3. The Morgan fingerprint density at radius 1 is 0.788 bits per heavy atom. The molecular formula is C28H27NO4. The summed E-state index contributed by atoms with van der Waals surface area (Å²) < 4.78 is 16.7. The van der Waals surface area contributed by atoms with E-state index in [1.54, 1.807) is 0 Å². The number of hydrogen-bond donors (Lipinski definition) is 0. The molecule has 0 spiro atoms. The summed E-state index contributed by atoms with van der Waals surface area (Å²) in [6, 6.07) is 20.8. The second kappa shape index (κ2) is 8.47. The first-order valence-corrected chi connectivity index (χ1v) is 11.7. The Morgan fingerprint density at radius 2 is 1.55 bits per heavy atom. The standard InChI is InChI=1S/C28H27NO4/c30-28(24-8-7-21-3-1-2-4-22(21)15-24)29(16-19-5-9-25-23(13-19)11-12-31-25)17-20-6-10-26-27(14-20)33-18-32-26/h1-6,9-10,13-14,24H,7-8,11-12,15-18H2. The van der Waals surface area contributed by atoms with Crippen molar-refractivity contribution in [1.82, 2.24) is 4.90 Å². The van der Waals surface area contributed by atoms with Crippen molar-refractivity contribution < 1.29 is 19.0 Å². The van der Waals surface area contributed by atoms with E-state index in [1.165, 1.54) is 16.7 Å². The van der Waals surface area contributed by atoms with E-state index >= 15 is 0 Å². The zero-order valence-corrected chi connectivity index (χ0v) is 18.6. The molecule has 0 N–H and O–H groups in total. The zero-order chi connectivity index (χ0) is 22.2. The third-order valence-corrected chi connectivity index (χ3v) is 6.95. The third kappa shape index (κ3) is 4.04. The van der Waals surface area contributed by atoms with E-state index in [9.17, 15) is 4.79 Å². The van der Waals surface area contributed by atoms with E-state index in [2.05, 4.69) is 36.4 Å². The third-order valence-electron chi connectivity index (χ3n) is 6.95. The van der Waals surface area contributed by atoms with Gasteiger partial charge < -0.3 is 19.1 Å². The van der Waals surface area contributed by atoms with Gasteiger partial charge in [0.2, 0.25) is 12.7 Å². The van der Waals surface area contributed by atoms with Crippen LogP contribution >= 0.6 is 0 Å². The van der Waals surface area contributed by atoms with Gasteiger partial charge in [-0.05, 0) is 65.3 Å². The van der Waals surface area contributed by atoms with Crippen molar-refractivity contribution in [2.75, 3.05) is 13.4 Å². The summed E-state index contributed by atoms with van der Waals surface area (Å²) >= 11 is 0. The Kier molecular flexibility index (Phi) is 5.17. The molecule has 0 saturated carbocycles. The van der Waals surface area contributed by atoms with Gasteiger partial charge in [-0.25, -0.2) is 0 Å². The minimum absolute atomic E-state index is 0.00618. The average Bonchev–Trinajstić information content (AvgIpc) is 3.51. The molecule has 3 aromatic carbocycles. The molecule has 1 amide bonds. The molecule has 2 aliphatic heterocycles. The van der Waals surface area contributed by atoms with Crippen molar-refractivity contribution in [3.8, 4) is 17.2 Å². The predicted molar refractivity (Wildman–Crippen MR) is 124 cm³/mol. The van der Waals surface area contributed by atoms with Crippen LogP contribution in [0.4, 0.5) is 0 Å². The lowest BCUT2D eigenvalue weighted by atomic mass is 9.83. The van der Waals surface area contributed by atoms with Crippen LogP contribution < -0.4 is 14.2 Å². The summed E-state index contributed by atoms with van der Waals surface area (Å²) in [5.41, 5.74) is 6.11. The van der Waals surface area contributed by atoms with Crippen LogP contribution in [0.3, 0.4) is 0 Å². The van der Waals surface area contributed by atoms with Crippen molar-refractivity contribution in [3.63, 3.8) is 0 Å². The van der Waals surface area contributed by atoms with E-state index in [4.69, 9.17) is 14.2 Å². The van der Waals surface area contributed by atoms with Crippen LogP contribution in [0.15, 0.2) is 60.7 Å². The SMILES string of the molecule is O=C(C1CCc2ccccc2C1)N(Cc1ccc2c(c1)CCO2)Cc1ccc2c(c1)OCO2. The predicted octanol–water partition coefficient (Wildman–Crippen LogP) is 4.68. The molecule has 5 nitrogen and oxygen atoms in total. The molecule has 168 valence electrons. The first-order valence-electron chi connectivity index (χ1n) is 11.7.